The molecule has 0 radical (unpaired) electrons. The van der Waals surface area contributed by atoms with Crippen LogP contribution in [-0.4, -0.2) is 9.13 Å². The summed E-state index contributed by atoms with van der Waals surface area (Å²) in [6.07, 6.45) is 6.20. The number of benzene rings is 8. The van der Waals surface area contributed by atoms with E-state index in [1.54, 1.807) is 0 Å². The highest BCUT2D eigenvalue weighted by Crippen LogP contribution is 2.48. The van der Waals surface area contributed by atoms with Gasteiger partial charge in [-0.2, -0.15) is 0 Å². The lowest BCUT2D eigenvalue weighted by atomic mass is 9.94. The highest BCUT2D eigenvalue weighted by Gasteiger charge is 2.26. The third-order valence-corrected chi connectivity index (χ3v) is 11.8. The van der Waals surface area contributed by atoms with E-state index < -0.39 is 0 Å². The lowest BCUT2D eigenvalue weighted by Crippen LogP contribution is -1.97. The molecule has 4 nitrogen and oxygen atoms in total. The number of rotatable bonds is 5. The number of furan rings is 2. The van der Waals surface area contributed by atoms with Crippen LogP contribution < -0.4 is 0 Å². The minimum atomic E-state index is 0.811. The maximum absolute atomic E-state index is 7.28. The smallest absolute Gasteiger partial charge is 0.159 e. The number of fused-ring (bicyclic) bond motifs is 11. The molecule has 0 unspecified atom stereocenters. The summed E-state index contributed by atoms with van der Waals surface area (Å²) < 4.78 is 19.1. The Balaban J connectivity index is 1.22. The van der Waals surface area contributed by atoms with Gasteiger partial charge in [0.1, 0.15) is 11.2 Å². The summed E-state index contributed by atoms with van der Waals surface area (Å²) in [5.41, 5.74) is 12.9. The van der Waals surface area contributed by atoms with E-state index in [-0.39, 0.29) is 0 Å². The highest BCUT2D eigenvalue weighted by molar-refractivity contribution is 6.25. The van der Waals surface area contributed by atoms with Crippen LogP contribution in [0.1, 0.15) is 18.2 Å². The summed E-state index contributed by atoms with van der Waals surface area (Å²) in [6.45, 7) is 6.27. The molecule has 12 aromatic rings. The quantitative estimate of drug-likeness (QED) is 0.177. The molecule has 0 amide bonds. The van der Waals surface area contributed by atoms with Crippen LogP contribution in [0.2, 0.25) is 0 Å². The largest absolute Gasteiger partial charge is 0.454 e. The first-order chi connectivity index (χ1) is 28.2. The average Bonchev–Trinajstić information content (AvgIpc) is 4.00. The van der Waals surface area contributed by atoms with Crippen LogP contribution in [0.4, 0.5) is 0 Å². The Morgan fingerprint density at radius 1 is 0.491 bits per heavy atom. The van der Waals surface area contributed by atoms with Gasteiger partial charge in [-0.3, -0.25) is 0 Å². The monoisotopic (exact) mass is 730 g/mol. The zero-order valence-electron chi connectivity index (χ0n) is 31.2. The van der Waals surface area contributed by atoms with Crippen LogP contribution in [0.15, 0.2) is 179 Å². The van der Waals surface area contributed by atoms with Crippen molar-refractivity contribution in [3.63, 3.8) is 0 Å². The fourth-order valence-corrected chi connectivity index (χ4v) is 9.41. The van der Waals surface area contributed by atoms with Crippen LogP contribution in [0.5, 0.6) is 0 Å². The van der Waals surface area contributed by atoms with Crippen molar-refractivity contribution in [2.24, 2.45) is 0 Å². The lowest BCUT2D eigenvalue weighted by molar-refractivity contribution is 0.662. The molecule has 0 fully saturated rings. The lowest BCUT2D eigenvalue weighted by Gasteiger charge is -2.10. The van der Waals surface area contributed by atoms with E-state index in [1.807, 2.05) is 6.08 Å². The van der Waals surface area contributed by atoms with E-state index in [0.29, 0.717) is 0 Å². The molecule has 0 atom stereocenters. The van der Waals surface area contributed by atoms with Crippen LogP contribution >= 0.6 is 0 Å². The first-order valence-electron chi connectivity index (χ1n) is 19.4. The Kier molecular flexibility index (Phi) is 6.67. The van der Waals surface area contributed by atoms with Gasteiger partial charge in [-0.1, -0.05) is 134 Å². The van der Waals surface area contributed by atoms with Gasteiger partial charge in [0.2, 0.25) is 0 Å². The Bertz CT molecular complexity index is 3620. The number of nitrogens with zero attached hydrogens (tertiary/aromatic N) is 2. The summed E-state index contributed by atoms with van der Waals surface area (Å²) >= 11 is 0. The van der Waals surface area contributed by atoms with Crippen molar-refractivity contribution in [2.75, 3.05) is 0 Å². The summed E-state index contributed by atoms with van der Waals surface area (Å²) in [5, 5.41) is 10.0. The first kappa shape index (κ1) is 31.8. The Morgan fingerprint density at radius 3 is 1.81 bits per heavy atom. The van der Waals surface area contributed by atoms with E-state index in [9.17, 15) is 0 Å². The Morgan fingerprint density at radius 2 is 1.09 bits per heavy atom. The number of hydrogen-bond donors (Lipinski definition) is 0. The molecule has 4 heterocycles. The second-order valence-electron chi connectivity index (χ2n) is 14.8. The molecule has 57 heavy (non-hydrogen) atoms. The van der Waals surface area contributed by atoms with Crippen molar-refractivity contribution >= 4 is 99.5 Å². The average molecular weight is 731 g/mol. The number of allylic oxidation sites excluding steroid dienone is 1. The van der Waals surface area contributed by atoms with Crippen LogP contribution in [0.25, 0.3) is 122 Å². The molecule has 268 valence electrons. The summed E-state index contributed by atoms with van der Waals surface area (Å²) in [6, 6.07) is 56.2. The Labute approximate surface area is 327 Å². The van der Waals surface area contributed by atoms with Gasteiger partial charge in [-0.25, -0.2) is 0 Å². The Hall–Kier alpha value is -7.56. The van der Waals surface area contributed by atoms with Crippen molar-refractivity contribution in [1.29, 1.82) is 0 Å². The van der Waals surface area contributed by atoms with E-state index in [4.69, 9.17) is 8.83 Å². The van der Waals surface area contributed by atoms with Gasteiger partial charge in [0, 0.05) is 48.8 Å². The number of aromatic nitrogens is 2. The van der Waals surface area contributed by atoms with Crippen LogP contribution in [-0.2, 0) is 0 Å². The predicted octanol–water partition coefficient (Wildman–Crippen LogP) is 15.0. The topological polar surface area (TPSA) is 36.1 Å². The molecule has 4 heteroatoms. The fraction of sp³-hybridized carbons (Fsp3) is 0.0189. The SMILES string of the molecule is C=Cc1c(/C=C\C)n(-c2cccc3c2oc2cc4c(oc5c(-n6c7ccccc7c7ccccc76)cccc54)c(-c4ccc5ccccc5c4)c23)c2ccccc12. The molecule has 0 saturated heterocycles. The molecule has 12 rings (SSSR count). The molecule has 0 spiro atoms. The molecular weight excluding hydrogens is 697 g/mol. The normalized spacial score (nSPS) is 12.3. The van der Waals surface area contributed by atoms with Crippen LogP contribution in [0.3, 0.4) is 0 Å². The summed E-state index contributed by atoms with van der Waals surface area (Å²) in [7, 11) is 0. The van der Waals surface area contributed by atoms with Crippen LogP contribution in [0, 0.1) is 0 Å². The van der Waals surface area contributed by atoms with Gasteiger partial charge in [0.05, 0.1) is 33.6 Å². The van der Waals surface area contributed by atoms with Gasteiger partial charge < -0.3 is 18.0 Å². The molecule has 0 saturated carbocycles. The van der Waals surface area contributed by atoms with E-state index in [0.717, 1.165) is 99.6 Å². The zero-order valence-corrected chi connectivity index (χ0v) is 31.2. The maximum Gasteiger partial charge on any atom is 0.159 e. The molecular formula is C53H34N2O2. The van der Waals surface area contributed by atoms with Crippen molar-refractivity contribution < 1.29 is 8.83 Å². The van der Waals surface area contributed by atoms with Crippen molar-refractivity contribution in [2.45, 2.75) is 6.92 Å². The second kappa shape index (κ2) is 12.0. The zero-order chi connectivity index (χ0) is 37.8. The van der Waals surface area contributed by atoms with Gasteiger partial charge in [-0.05, 0) is 71.8 Å². The van der Waals surface area contributed by atoms with Gasteiger partial charge in [0.25, 0.3) is 0 Å². The van der Waals surface area contributed by atoms with E-state index in [2.05, 4.69) is 193 Å². The summed E-state index contributed by atoms with van der Waals surface area (Å²) in [5.74, 6) is 0. The predicted molar refractivity (Wildman–Crippen MR) is 240 cm³/mol. The van der Waals surface area contributed by atoms with Crippen molar-refractivity contribution in [1.82, 2.24) is 9.13 Å². The van der Waals surface area contributed by atoms with E-state index >= 15 is 0 Å². The van der Waals surface area contributed by atoms with Crippen molar-refractivity contribution in [3.05, 3.63) is 182 Å². The third kappa shape index (κ3) is 4.38. The number of hydrogen-bond acceptors (Lipinski definition) is 2. The summed E-state index contributed by atoms with van der Waals surface area (Å²) in [4.78, 5) is 0. The van der Waals surface area contributed by atoms with E-state index in [1.165, 1.54) is 21.5 Å². The van der Waals surface area contributed by atoms with Gasteiger partial charge in [-0.15, -0.1) is 0 Å². The molecule has 0 bridgehead atoms. The molecule has 4 aromatic heterocycles. The molecule has 0 aliphatic carbocycles. The first-order valence-corrected chi connectivity index (χ1v) is 19.4. The molecule has 0 aliphatic rings. The van der Waals surface area contributed by atoms with Gasteiger partial charge >= 0.3 is 0 Å². The minimum absolute atomic E-state index is 0.811. The fourth-order valence-electron chi connectivity index (χ4n) is 9.41. The highest BCUT2D eigenvalue weighted by atomic mass is 16.3. The maximum atomic E-state index is 7.28. The second-order valence-corrected chi connectivity index (χ2v) is 14.8. The van der Waals surface area contributed by atoms with Crippen molar-refractivity contribution in [3.8, 4) is 22.5 Å². The number of para-hydroxylation sites is 5. The standard InChI is InChI=1S/C53H34N2O2/c1-3-15-42-35(4-2)36-18-7-10-23-43(36)54(42)47-27-14-22-40-50-48(56-52(40)47)31-41-39-21-13-26-46(55-44-24-11-8-19-37(44)38-20-9-12-25-45(38)55)51(39)57-53(41)49(50)34-29-28-32-16-5-6-17-33(32)30-34/h3-31H,2H2,1H3/b15-3-. The molecule has 0 aliphatic heterocycles. The minimum Gasteiger partial charge on any atom is -0.454 e. The van der Waals surface area contributed by atoms with Gasteiger partial charge in [0.15, 0.2) is 11.2 Å². The molecule has 0 N–H and O–H groups in total. The molecule has 8 aromatic carbocycles. The third-order valence-electron chi connectivity index (χ3n) is 11.8.